The summed E-state index contributed by atoms with van der Waals surface area (Å²) in [6.45, 7) is 3.34. The number of hydrogen-bond donors (Lipinski definition) is 2. The number of carbonyl (C=O) groups is 2. The summed E-state index contributed by atoms with van der Waals surface area (Å²) >= 11 is 11.5. The topological polar surface area (TPSA) is 85.1 Å². The van der Waals surface area contributed by atoms with E-state index in [9.17, 15) is 9.59 Å². The molecule has 1 heterocycles. The maximum absolute atomic E-state index is 11.8. The van der Waals surface area contributed by atoms with Crippen molar-refractivity contribution in [1.29, 1.82) is 0 Å². The molecule has 5 nitrogen and oxygen atoms in total. The number of nitrogens with two attached hydrogens (primary N) is 1. The number of hydrogen-bond acceptors (Lipinski definition) is 3. The fourth-order valence-electron chi connectivity index (χ4n) is 1.05. The normalized spacial score (nSPS) is 11.1. The minimum Gasteiger partial charge on any atom is -0.369 e. The summed E-state index contributed by atoms with van der Waals surface area (Å²) in [5.41, 5.74) is 4.37. The van der Waals surface area contributed by atoms with Crippen LogP contribution < -0.4 is 11.1 Å². The van der Waals surface area contributed by atoms with E-state index in [1.165, 1.54) is 12.1 Å². The quantitative estimate of drug-likeness (QED) is 0.826. The van der Waals surface area contributed by atoms with Gasteiger partial charge in [0, 0.05) is 6.54 Å². The van der Waals surface area contributed by atoms with Gasteiger partial charge in [-0.05, 0) is 26.0 Å². The molecule has 0 unspecified atom stereocenters. The predicted octanol–water partition coefficient (Wildman–Crippen LogP) is 1.63. The van der Waals surface area contributed by atoms with Gasteiger partial charge in [-0.2, -0.15) is 0 Å². The molecule has 0 spiro atoms. The number of amides is 2. The molecule has 18 heavy (non-hydrogen) atoms. The number of carbonyl (C=O) groups excluding carboxylic acids is 2. The first kappa shape index (κ1) is 14.7. The SMILES string of the molecule is CC(C)(CNC(=O)c1nc(Cl)ccc1Cl)C(N)=O. The van der Waals surface area contributed by atoms with Gasteiger partial charge >= 0.3 is 0 Å². The first-order chi connectivity index (χ1) is 8.24. The van der Waals surface area contributed by atoms with E-state index in [4.69, 9.17) is 28.9 Å². The Hall–Kier alpha value is -1.33. The molecule has 3 N–H and O–H groups in total. The maximum atomic E-state index is 11.8. The number of nitrogens with zero attached hydrogens (tertiary/aromatic N) is 1. The minimum atomic E-state index is -0.847. The van der Waals surface area contributed by atoms with Gasteiger partial charge in [0.1, 0.15) is 10.8 Å². The Balaban J connectivity index is 2.78. The molecule has 0 aliphatic heterocycles. The van der Waals surface area contributed by atoms with E-state index >= 15 is 0 Å². The predicted molar refractivity (Wildman–Crippen MR) is 69.6 cm³/mol. The van der Waals surface area contributed by atoms with Crippen LogP contribution in [0.15, 0.2) is 12.1 Å². The molecule has 0 saturated heterocycles. The minimum absolute atomic E-state index is 0.0180. The molecular weight excluding hydrogens is 277 g/mol. The molecule has 0 bridgehead atoms. The van der Waals surface area contributed by atoms with Gasteiger partial charge in [0.2, 0.25) is 5.91 Å². The number of halogens is 2. The van der Waals surface area contributed by atoms with Crippen molar-refractivity contribution in [3.05, 3.63) is 28.0 Å². The van der Waals surface area contributed by atoms with Crippen molar-refractivity contribution in [1.82, 2.24) is 10.3 Å². The molecule has 1 aromatic rings. The molecule has 7 heteroatoms. The standard InChI is InChI=1S/C11H13Cl2N3O2/c1-11(2,10(14)18)5-15-9(17)8-6(12)3-4-7(13)16-8/h3-4H,5H2,1-2H3,(H2,14,18)(H,15,17). The van der Waals surface area contributed by atoms with E-state index < -0.39 is 17.2 Å². The highest BCUT2D eigenvalue weighted by atomic mass is 35.5. The Morgan fingerprint density at radius 2 is 2.00 bits per heavy atom. The lowest BCUT2D eigenvalue weighted by Gasteiger charge is -2.20. The van der Waals surface area contributed by atoms with Gasteiger partial charge in [-0.3, -0.25) is 9.59 Å². The summed E-state index contributed by atoms with van der Waals surface area (Å²) in [5.74, 6) is -1.01. The monoisotopic (exact) mass is 289 g/mol. The van der Waals surface area contributed by atoms with Crippen molar-refractivity contribution in [2.24, 2.45) is 11.1 Å². The van der Waals surface area contributed by atoms with Gasteiger partial charge in [0.05, 0.1) is 10.4 Å². The molecule has 0 atom stereocenters. The molecule has 1 aromatic heterocycles. The summed E-state index contributed by atoms with van der Waals surface area (Å²) in [5, 5.41) is 2.90. The highest BCUT2D eigenvalue weighted by Gasteiger charge is 2.26. The van der Waals surface area contributed by atoms with Crippen LogP contribution in [0.4, 0.5) is 0 Å². The third-order valence-corrected chi connectivity index (χ3v) is 2.90. The molecular formula is C11H13Cl2N3O2. The van der Waals surface area contributed by atoms with Gasteiger partial charge in [-0.1, -0.05) is 23.2 Å². The van der Waals surface area contributed by atoms with Gasteiger partial charge < -0.3 is 11.1 Å². The Labute approximate surface area is 115 Å². The average molecular weight is 290 g/mol. The van der Waals surface area contributed by atoms with E-state index in [1.54, 1.807) is 13.8 Å². The lowest BCUT2D eigenvalue weighted by molar-refractivity contribution is -0.125. The van der Waals surface area contributed by atoms with Crippen LogP contribution in [0.1, 0.15) is 24.3 Å². The van der Waals surface area contributed by atoms with Gasteiger partial charge in [0.15, 0.2) is 0 Å². The number of aromatic nitrogens is 1. The third-order valence-electron chi connectivity index (χ3n) is 2.39. The Morgan fingerprint density at radius 1 is 1.39 bits per heavy atom. The summed E-state index contributed by atoms with van der Waals surface area (Å²) in [6, 6.07) is 2.96. The number of rotatable bonds is 4. The number of primary amides is 1. The molecule has 0 radical (unpaired) electrons. The van der Waals surface area contributed by atoms with E-state index in [0.29, 0.717) is 0 Å². The van der Waals surface area contributed by atoms with Crippen LogP contribution in [0.25, 0.3) is 0 Å². The fraction of sp³-hybridized carbons (Fsp3) is 0.364. The van der Waals surface area contributed by atoms with E-state index in [-0.39, 0.29) is 22.4 Å². The highest BCUT2D eigenvalue weighted by Crippen LogP contribution is 2.17. The number of pyridine rings is 1. The van der Waals surface area contributed by atoms with Crippen LogP contribution >= 0.6 is 23.2 Å². The molecule has 0 aliphatic rings. The lowest BCUT2D eigenvalue weighted by atomic mass is 9.93. The van der Waals surface area contributed by atoms with Crippen molar-refractivity contribution in [3.63, 3.8) is 0 Å². The van der Waals surface area contributed by atoms with Crippen LogP contribution in [0.2, 0.25) is 10.2 Å². The van der Waals surface area contributed by atoms with Crippen molar-refractivity contribution >= 4 is 35.0 Å². The van der Waals surface area contributed by atoms with E-state index in [2.05, 4.69) is 10.3 Å². The second-order valence-electron chi connectivity index (χ2n) is 4.40. The van der Waals surface area contributed by atoms with Crippen molar-refractivity contribution in [2.75, 3.05) is 6.54 Å². The van der Waals surface area contributed by atoms with Gasteiger partial charge in [-0.25, -0.2) is 4.98 Å². The average Bonchev–Trinajstić information content (AvgIpc) is 2.29. The lowest BCUT2D eigenvalue weighted by Crippen LogP contribution is -2.42. The molecule has 1 rings (SSSR count). The third kappa shape index (κ3) is 3.58. The zero-order chi connectivity index (χ0) is 13.9. The Kier molecular flexibility index (Phi) is 4.53. The largest absolute Gasteiger partial charge is 0.369 e. The summed E-state index contributed by atoms with van der Waals surface area (Å²) < 4.78 is 0. The van der Waals surface area contributed by atoms with Crippen molar-refractivity contribution < 1.29 is 9.59 Å². The van der Waals surface area contributed by atoms with Crippen LogP contribution in [0.3, 0.4) is 0 Å². The maximum Gasteiger partial charge on any atom is 0.271 e. The summed E-state index contributed by atoms with van der Waals surface area (Å²) in [6.07, 6.45) is 0. The summed E-state index contributed by atoms with van der Waals surface area (Å²) in [7, 11) is 0. The molecule has 0 aromatic carbocycles. The van der Waals surface area contributed by atoms with Crippen LogP contribution in [-0.2, 0) is 4.79 Å². The second-order valence-corrected chi connectivity index (χ2v) is 5.19. The van der Waals surface area contributed by atoms with Crippen molar-refractivity contribution in [3.8, 4) is 0 Å². The Morgan fingerprint density at radius 3 is 2.56 bits per heavy atom. The van der Waals surface area contributed by atoms with Crippen LogP contribution in [-0.4, -0.2) is 23.3 Å². The first-order valence-electron chi connectivity index (χ1n) is 5.14. The van der Waals surface area contributed by atoms with Crippen LogP contribution in [0, 0.1) is 5.41 Å². The van der Waals surface area contributed by atoms with Gasteiger partial charge in [-0.15, -0.1) is 0 Å². The highest BCUT2D eigenvalue weighted by molar-refractivity contribution is 6.34. The summed E-state index contributed by atoms with van der Waals surface area (Å²) in [4.78, 5) is 26.7. The molecule has 2 amide bonds. The van der Waals surface area contributed by atoms with Gasteiger partial charge in [0.25, 0.3) is 5.91 Å². The molecule has 0 fully saturated rings. The van der Waals surface area contributed by atoms with Crippen LogP contribution in [0.5, 0.6) is 0 Å². The molecule has 98 valence electrons. The second kappa shape index (κ2) is 5.54. The smallest absolute Gasteiger partial charge is 0.271 e. The van der Waals surface area contributed by atoms with E-state index in [0.717, 1.165) is 0 Å². The fourth-order valence-corrected chi connectivity index (χ4v) is 1.39. The first-order valence-corrected chi connectivity index (χ1v) is 5.90. The van der Waals surface area contributed by atoms with Crippen molar-refractivity contribution in [2.45, 2.75) is 13.8 Å². The molecule has 0 aliphatic carbocycles. The zero-order valence-corrected chi connectivity index (χ0v) is 11.5. The molecule has 0 saturated carbocycles. The number of nitrogens with one attached hydrogen (secondary N) is 1. The zero-order valence-electron chi connectivity index (χ0n) is 9.96. The van der Waals surface area contributed by atoms with E-state index in [1.807, 2.05) is 0 Å². The Bertz CT molecular complexity index is 489.